The Morgan fingerprint density at radius 2 is 2.12 bits per heavy atom. The first-order valence-electron chi connectivity index (χ1n) is 7.77. The van der Waals surface area contributed by atoms with Crippen molar-refractivity contribution < 1.29 is 4.79 Å². The largest absolute Gasteiger partial charge is 0.336 e. The number of fused-ring (bicyclic) bond motifs is 1. The molecule has 4 heterocycles. The maximum atomic E-state index is 12.7. The molecule has 2 N–H and O–H groups in total. The van der Waals surface area contributed by atoms with Crippen LogP contribution in [0.3, 0.4) is 0 Å². The lowest BCUT2D eigenvalue weighted by atomic mass is 10.1. The van der Waals surface area contributed by atoms with Crippen LogP contribution < -0.4 is 5.73 Å². The van der Waals surface area contributed by atoms with Gasteiger partial charge in [0.25, 0.3) is 5.91 Å². The van der Waals surface area contributed by atoms with Gasteiger partial charge in [0.2, 0.25) is 0 Å². The van der Waals surface area contributed by atoms with Crippen LogP contribution in [0, 0.1) is 0 Å². The molecule has 0 spiro atoms. The fourth-order valence-electron chi connectivity index (χ4n) is 2.91. The molecule has 124 valence electrons. The highest BCUT2D eigenvalue weighted by Crippen LogP contribution is 2.35. The van der Waals surface area contributed by atoms with E-state index >= 15 is 0 Å². The van der Waals surface area contributed by atoms with E-state index in [0.717, 1.165) is 23.9 Å². The molecule has 1 saturated heterocycles. The van der Waals surface area contributed by atoms with Gasteiger partial charge in [0.1, 0.15) is 10.0 Å². The molecule has 4 rings (SSSR count). The van der Waals surface area contributed by atoms with E-state index in [1.807, 2.05) is 24.4 Å². The monoisotopic (exact) mass is 361 g/mol. The highest BCUT2D eigenvalue weighted by atomic mass is 35.5. The Kier molecular flexibility index (Phi) is 3.99. The summed E-state index contributed by atoms with van der Waals surface area (Å²) in [5, 5.41) is 4.72. The topological polar surface area (TPSA) is 76.5 Å². The molecule has 24 heavy (non-hydrogen) atoms. The first-order chi connectivity index (χ1) is 11.6. The minimum atomic E-state index is -0.0727. The number of hydrogen-bond donors (Lipinski definition) is 1. The van der Waals surface area contributed by atoms with Crippen molar-refractivity contribution in [3.05, 3.63) is 39.9 Å². The number of carbonyl (C=O) groups is 1. The number of halogens is 1. The maximum Gasteiger partial charge on any atom is 0.282 e. The van der Waals surface area contributed by atoms with E-state index in [4.69, 9.17) is 17.3 Å². The summed E-state index contributed by atoms with van der Waals surface area (Å²) in [7, 11) is 0. The SMILES string of the molecule is NC1CCN(C(=O)c2nc(-c3cnn4ccccc34)c(Cl)s2)CC1. The Balaban J connectivity index is 1.66. The van der Waals surface area contributed by atoms with Crippen LogP contribution in [0.5, 0.6) is 0 Å². The van der Waals surface area contributed by atoms with E-state index in [2.05, 4.69) is 10.1 Å². The average molecular weight is 362 g/mol. The normalized spacial score (nSPS) is 16.0. The van der Waals surface area contributed by atoms with Gasteiger partial charge in [0.15, 0.2) is 5.01 Å². The number of nitrogens with two attached hydrogens (primary N) is 1. The molecule has 3 aromatic rings. The van der Waals surface area contributed by atoms with Gasteiger partial charge in [-0.2, -0.15) is 5.10 Å². The van der Waals surface area contributed by atoms with Crippen LogP contribution >= 0.6 is 22.9 Å². The van der Waals surface area contributed by atoms with E-state index in [1.165, 1.54) is 11.3 Å². The van der Waals surface area contributed by atoms with Crippen molar-refractivity contribution in [1.82, 2.24) is 19.5 Å². The lowest BCUT2D eigenvalue weighted by Crippen LogP contribution is -2.42. The van der Waals surface area contributed by atoms with Gasteiger partial charge in [-0.05, 0) is 25.0 Å². The molecular formula is C16H16ClN5OS. The van der Waals surface area contributed by atoms with Crippen molar-refractivity contribution in [3.63, 3.8) is 0 Å². The molecule has 0 unspecified atom stereocenters. The second kappa shape index (κ2) is 6.16. The van der Waals surface area contributed by atoms with Gasteiger partial charge >= 0.3 is 0 Å². The summed E-state index contributed by atoms with van der Waals surface area (Å²) in [5.41, 5.74) is 8.25. The number of carbonyl (C=O) groups excluding carboxylic acids is 1. The quantitative estimate of drug-likeness (QED) is 0.761. The van der Waals surface area contributed by atoms with Crippen LogP contribution in [0.15, 0.2) is 30.6 Å². The highest BCUT2D eigenvalue weighted by Gasteiger charge is 2.26. The predicted molar refractivity (Wildman–Crippen MR) is 94.4 cm³/mol. The molecular weight excluding hydrogens is 346 g/mol. The molecule has 0 saturated carbocycles. The van der Waals surface area contributed by atoms with E-state index in [-0.39, 0.29) is 11.9 Å². The van der Waals surface area contributed by atoms with Gasteiger partial charge in [0.05, 0.1) is 11.7 Å². The van der Waals surface area contributed by atoms with Gasteiger partial charge < -0.3 is 10.6 Å². The Bertz CT molecular complexity index is 897. The molecule has 1 aliphatic heterocycles. The van der Waals surface area contributed by atoms with Crippen molar-refractivity contribution in [2.45, 2.75) is 18.9 Å². The van der Waals surface area contributed by atoms with Crippen molar-refractivity contribution in [2.24, 2.45) is 5.73 Å². The summed E-state index contributed by atoms with van der Waals surface area (Å²) in [4.78, 5) is 19.0. The molecule has 0 radical (unpaired) electrons. The average Bonchev–Trinajstić information content (AvgIpc) is 3.18. The number of thiazole rings is 1. The van der Waals surface area contributed by atoms with Gasteiger partial charge in [-0.25, -0.2) is 9.50 Å². The number of piperidine rings is 1. The fraction of sp³-hybridized carbons (Fsp3) is 0.312. The number of rotatable bonds is 2. The van der Waals surface area contributed by atoms with Gasteiger partial charge in [-0.3, -0.25) is 4.79 Å². The zero-order valence-electron chi connectivity index (χ0n) is 12.9. The molecule has 0 atom stereocenters. The van der Waals surface area contributed by atoms with Crippen LogP contribution in [0.2, 0.25) is 4.34 Å². The third-order valence-corrected chi connectivity index (χ3v) is 5.52. The van der Waals surface area contributed by atoms with Crippen LogP contribution in [-0.4, -0.2) is 44.5 Å². The van der Waals surface area contributed by atoms with Crippen molar-refractivity contribution in [2.75, 3.05) is 13.1 Å². The number of hydrogen-bond acceptors (Lipinski definition) is 5. The molecule has 1 amide bonds. The van der Waals surface area contributed by atoms with E-state index < -0.39 is 0 Å². The zero-order chi connectivity index (χ0) is 16.7. The predicted octanol–water partition coefficient (Wildman–Crippen LogP) is 2.67. The summed E-state index contributed by atoms with van der Waals surface area (Å²) in [6.07, 6.45) is 5.24. The maximum absolute atomic E-state index is 12.7. The lowest BCUT2D eigenvalue weighted by Gasteiger charge is -2.29. The molecule has 8 heteroatoms. The van der Waals surface area contributed by atoms with E-state index in [9.17, 15) is 4.79 Å². The fourth-order valence-corrected chi connectivity index (χ4v) is 4.05. The van der Waals surface area contributed by atoms with E-state index in [0.29, 0.717) is 28.1 Å². The Morgan fingerprint density at radius 1 is 1.33 bits per heavy atom. The molecule has 0 bridgehead atoms. The van der Waals surface area contributed by atoms with Crippen LogP contribution in [0.4, 0.5) is 0 Å². The second-order valence-corrected chi connectivity index (χ2v) is 7.46. The summed E-state index contributed by atoms with van der Waals surface area (Å²) in [5.74, 6) is -0.0727. The first kappa shape index (κ1) is 15.6. The minimum Gasteiger partial charge on any atom is -0.336 e. The number of aromatic nitrogens is 3. The molecule has 0 aromatic carbocycles. The molecule has 1 aliphatic rings. The summed E-state index contributed by atoms with van der Waals surface area (Å²) in [6, 6.07) is 5.97. The third-order valence-electron chi connectivity index (χ3n) is 4.28. The van der Waals surface area contributed by atoms with Gasteiger partial charge in [-0.15, -0.1) is 0 Å². The number of pyridine rings is 1. The van der Waals surface area contributed by atoms with Gasteiger partial charge in [0, 0.05) is 30.9 Å². The Morgan fingerprint density at radius 3 is 2.92 bits per heavy atom. The molecule has 3 aromatic heterocycles. The highest BCUT2D eigenvalue weighted by molar-refractivity contribution is 7.18. The Labute approximate surface area is 147 Å². The molecule has 6 nitrogen and oxygen atoms in total. The molecule has 1 fully saturated rings. The van der Waals surface area contributed by atoms with Crippen LogP contribution in [0.1, 0.15) is 22.6 Å². The summed E-state index contributed by atoms with van der Waals surface area (Å²) in [6.45, 7) is 1.34. The van der Waals surface area contributed by atoms with Crippen molar-refractivity contribution in [1.29, 1.82) is 0 Å². The van der Waals surface area contributed by atoms with E-state index in [1.54, 1.807) is 15.6 Å². The van der Waals surface area contributed by atoms with Crippen molar-refractivity contribution in [3.8, 4) is 11.3 Å². The second-order valence-electron chi connectivity index (χ2n) is 5.86. The Hall–Kier alpha value is -1.96. The first-order valence-corrected chi connectivity index (χ1v) is 8.97. The minimum absolute atomic E-state index is 0.0727. The van der Waals surface area contributed by atoms with Crippen LogP contribution in [0.25, 0.3) is 16.8 Å². The summed E-state index contributed by atoms with van der Waals surface area (Å²) >= 11 is 7.59. The lowest BCUT2D eigenvalue weighted by molar-refractivity contribution is 0.0714. The number of amides is 1. The smallest absolute Gasteiger partial charge is 0.282 e. The number of nitrogens with zero attached hydrogens (tertiary/aromatic N) is 4. The van der Waals surface area contributed by atoms with Gasteiger partial charge in [-0.1, -0.05) is 29.0 Å². The third kappa shape index (κ3) is 2.68. The zero-order valence-corrected chi connectivity index (χ0v) is 14.4. The van der Waals surface area contributed by atoms with Crippen molar-refractivity contribution >= 4 is 34.4 Å². The standard InChI is InChI=1S/C16H16ClN5OS/c17-14-13(11-9-19-22-6-2-1-3-12(11)22)20-15(24-14)16(23)21-7-4-10(18)5-8-21/h1-3,6,9-10H,4-5,7-8,18H2. The molecule has 0 aliphatic carbocycles. The van der Waals surface area contributed by atoms with Crippen LogP contribution in [-0.2, 0) is 0 Å². The summed E-state index contributed by atoms with van der Waals surface area (Å²) < 4.78 is 2.27. The number of likely N-dealkylation sites (tertiary alicyclic amines) is 1.